The number of carbonyl (C=O) groups is 2. The van der Waals surface area contributed by atoms with Crippen molar-refractivity contribution in [2.75, 3.05) is 0 Å². The SMILES string of the molecule is [CH2-]C(N)=O.[CH2-]C(N)=O.[Mg+2]. The molecule has 0 aromatic heterocycles. The minimum absolute atomic E-state index is 0. The van der Waals surface area contributed by atoms with Crippen LogP contribution in [0, 0.1) is 13.8 Å². The summed E-state index contributed by atoms with van der Waals surface area (Å²) in [5.74, 6) is -1.17. The van der Waals surface area contributed by atoms with E-state index >= 15 is 0 Å². The summed E-state index contributed by atoms with van der Waals surface area (Å²) in [5, 5.41) is 0. The van der Waals surface area contributed by atoms with E-state index in [1.807, 2.05) is 0 Å². The molecule has 0 saturated carbocycles. The first-order valence-corrected chi connectivity index (χ1v) is 1.69. The Balaban J connectivity index is -0.0000000720. The molecule has 4 N–H and O–H groups in total. The predicted octanol–water partition coefficient (Wildman–Crippen LogP) is -1.77. The molecule has 0 unspecified atom stereocenters. The predicted molar refractivity (Wildman–Crippen MR) is 34.9 cm³/mol. The molecule has 0 aromatic rings. The van der Waals surface area contributed by atoms with Gasteiger partial charge in [-0.2, -0.15) is 0 Å². The summed E-state index contributed by atoms with van der Waals surface area (Å²) in [6, 6.07) is 0. The van der Waals surface area contributed by atoms with Crippen molar-refractivity contribution in [1.82, 2.24) is 0 Å². The van der Waals surface area contributed by atoms with Crippen LogP contribution in [0.1, 0.15) is 0 Å². The van der Waals surface area contributed by atoms with Gasteiger partial charge in [0.15, 0.2) is 0 Å². The third-order valence-corrected chi connectivity index (χ3v) is 0. The molecule has 0 fully saturated rings. The molecule has 0 heterocycles. The summed E-state index contributed by atoms with van der Waals surface area (Å²) in [6.45, 7) is 5.56. The molecule has 0 aromatic carbocycles. The van der Waals surface area contributed by atoms with Crippen LogP contribution in [-0.4, -0.2) is 34.9 Å². The zero-order valence-electron chi connectivity index (χ0n) is 5.09. The summed E-state index contributed by atoms with van der Waals surface area (Å²) in [6.07, 6.45) is 0. The van der Waals surface area contributed by atoms with Gasteiger partial charge in [0.2, 0.25) is 0 Å². The fourth-order valence-electron chi connectivity index (χ4n) is 0. The van der Waals surface area contributed by atoms with Gasteiger partial charge >= 0.3 is 23.1 Å². The largest absolute Gasteiger partial charge is 2.00 e. The van der Waals surface area contributed by atoms with Crippen molar-refractivity contribution in [3.63, 3.8) is 0 Å². The Morgan fingerprint density at radius 1 is 1.00 bits per heavy atom. The van der Waals surface area contributed by atoms with Crippen LogP contribution in [0.3, 0.4) is 0 Å². The standard InChI is InChI=1S/2C2H4NO.Mg/c2*1-2(3)4;/h2*1H2,(H2,3,4);/q2*-1;+2. The summed E-state index contributed by atoms with van der Waals surface area (Å²) in [7, 11) is 0. The number of hydrogen-bond acceptors (Lipinski definition) is 2. The van der Waals surface area contributed by atoms with Gasteiger partial charge in [-0.15, -0.1) is 0 Å². The van der Waals surface area contributed by atoms with E-state index in [2.05, 4.69) is 25.3 Å². The second kappa shape index (κ2) is 10.4. The molecule has 0 aliphatic carbocycles. The summed E-state index contributed by atoms with van der Waals surface area (Å²) in [5.41, 5.74) is 8.72. The maximum atomic E-state index is 9.11. The third kappa shape index (κ3) is 720. The van der Waals surface area contributed by atoms with E-state index in [0.717, 1.165) is 0 Å². The van der Waals surface area contributed by atoms with Gasteiger partial charge in [-0.3, -0.25) is 0 Å². The van der Waals surface area contributed by atoms with Crippen molar-refractivity contribution in [1.29, 1.82) is 0 Å². The fraction of sp³-hybridized carbons (Fsp3) is 0. The van der Waals surface area contributed by atoms with E-state index < -0.39 is 11.8 Å². The molecule has 0 radical (unpaired) electrons. The molecule has 2 amide bonds. The molecule has 0 rings (SSSR count). The van der Waals surface area contributed by atoms with Crippen LogP contribution >= 0.6 is 0 Å². The van der Waals surface area contributed by atoms with Gasteiger partial charge in [0.05, 0.1) is 11.8 Å². The Kier molecular flexibility index (Phi) is 18.3. The molecule has 48 valence electrons. The van der Waals surface area contributed by atoms with E-state index in [9.17, 15) is 0 Å². The van der Waals surface area contributed by atoms with Crippen molar-refractivity contribution in [3.8, 4) is 0 Å². The topological polar surface area (TPSA) is 86.2 Å². The zero-order valence-corrected chi connectivity index (χ0v) is 6.51. The third-order valence-electron chi connectivity index (χ3n) is 0. The van der Waals surface area contributed by atoms with Crippen LogP contribution in [0.15, 0.2) is 0 Å². The molecular formula is C4H8MgN2O2. The molecule has 0 saturated heterocycles. The Labute approximate surface area is 70.1 Å². The number of carbonyl (C=O) groups excluding carboxylic acids is 2. The van der Waals surface area contributed by atoms with Gasteiger partial charge in [-0.05, 0) is 0 Å². The molecule has 0 atom stereocenters. The van der Waals surface area contributed by atoms with Crippen molar-refractivity contribution in [2.24, 2.45) is 11.5 Å². The smallest absolute Gasteiger partial charge is 0.395 e. The second-order valence-electron chi connectivity index (χ2n) is 0.933. The first-order chi connectivity index (χ1) is 3.46. The number of nitrogens with two attached hydrogens (primary N) is 2. The molecule has 0 spiro atoms. The van der Waals surface area contributed by atoms with Gasteiger partial charge in [-0.1, -0.05) is 0 Å². The van der Waals surface area contributed by atoms with Crippen LogP contribution in [0.5, 0.6) is 0 Å². The van der Waals surface area contributed by atoms with Crippen molar-refractivity contribution in [3.05, 3.63) is 13.8 Å². The molecule has 0 aliphatic rings. The summed E-state index contributed by atoms with van der Waals surface area (Å²) < 4.78 is 0. The summed E-state index contributed by atoms with van der Waals surface area (Å²) in [4.78, 5) is 18.2. The number of hydrogen-bond donors (Lipinski definition) is 2. The van der Waals surface area contributed by atoms with Gasteiger partial charge in [0, 0.05) is 0 Å². The van der Waals surface area contributed by atoms with Gasteiger partial charge in [-0.25, -0.2) is 0 Å². The molecule has 5 heteroatoms. The van der Waals surface area contributed by atoms with Crippen molar-refractivity contribution in [2.45, 2.75) is 0 Å². The zero-order chi connectivity index (χ0) is 7.15. The van der Waals surface area contributed by atoms with E-state index in [1.54, 1.807) is 0 Å². The minimum atomic E-state index is -0.583. The van der Waals surface area contributed by atoms with Crippen LogP contribution in [-0.2, 0) is 9.59 Å². The van der Waals surface area contributed by atoms with Crippen LogP contribution < -0.4 is 11.5 Å². The minimum Gasteiger partial charge on any atom is -0.395 e. The quantitative estimate of drug-likeness (QED) is 0.308. The Hall–Kier alpha value is -0.554. The molecular weight excluding hydrogens is 132 g/mol. The molecule has 0 bridgehead atoms. The maximum Gasteiger partial charge on any atom is 2.00 e. The van der Waals surface area contributed by atoms with Crippen molar-refractivity contribution >= 4 is 34.9 Å². The Morgan fingerprint density at radius 2 is 1.00 bits per heavy atom. The van der Waals surface area contributed by atoms with Gasteiger partial charge < -0.3 is 34.9 Å². The first kappa shape index (κ1) is 15.8. The van der Waals surface area contributed by atoms with Crippen LogP contribution in [0.4, 0.5) is 0 Å². The molecule has 0 aliphatic heterocycles. The normalized spacial score (nSPS) is 5.33. The van der Waals surface area contributed by atoms with E-state index in [-0.39, 0.29) is 23.1 Å². The maximum absolute atomic E-state index is 9.11. The average Bonchev–Trinajstić information content (AvgIpc) is 1.25. The van der Waals surface area contributed by atoms with Gasteiger partial charge in [0.1, 0.15) is 0 Å². The number of rotatable bonds is 0. The number of primary amides is 2. The van der Waals surface area contributed by atoms with Gasteiger partial charge in [0.25, 0.3) is 0 Å². The van der Waals surface area contributed by atoms with E-state index in [0.29, 0.717) is 0 Å². The second-order valence-corrected chi connectivity index (χ2v) is 0.933. The Morgan fingerprint density at radius 3 is 1.00 bits per heavy atom. The first-order valence-electron chi connectivity index (χ1n) is 1.69. The monoisotopic (exact) mass is 140 g/mol. The number of amides is 2. The Bertz CT molecular complexity index is 74.6. The van der Waals surface area contributed by atoms with E-state index in [1.165, 1.54) is 0 Å². The summed E-state index contributed by atoms with van der Waals surface area (Å²) >= 11 is 0. The fourth-order valence-corrected chi connectivity index (χ4v) is 0. The van der Waals surface area contributed by atoms with E-state index in [4.69, 9.17) is 9.59 Å². The molecule has 9 heavy (non-hydrogen) atoms. The van der Waals surface area contributed by atoms with Crippen LogP contribution in [0.25, 0.3) is 0 Å². The average molecular weight is 140 g/mol. The van der Waals surface area contributed by atoms with Crippen molar-refractivity contribution < 1.29 is 9.59 Å². The molecule has 4 nitrogen and oxygen atoms in total. The van der Waals surface area contributed by atoms with Crippen LogP contribution in [0.2, 0.25) is 0 Å².